The molecule has 2 fully saturated rings. The van der Waals surface area contributed by atoms with E-state index in [1.807, 2.05) is 0 Å². The van der Waals surface area contributed by atoms with Crippen LogP contribution in [0.15, 0.2) is 0 Å². The maximum atomic E-state index is 5.92. The molecule has 0 aromatic heterocycles. The average Bonchev–Trinajstić information content (AvgIpc) is 2.00. The fraction of sp³-hybridized carbons (Fsp3) is 1.00. The fourth-order valence-electron chi connectivity index (χ4n) is 2.15. The first-order valence-electron chi connectivity index (χ1n) is 5.11. The third-order valence-corrected chi connectivity index (χ3v) is 2.89. The van der Waals surface area contributed by atoms with Gasteiger partial charge in [-0.1, -0.05) is 0 Å². The minimum atomic E-state index is 0.0297. The second kappa shape index (κ2) is 3.23. The summed E-state index contributed by atoms with van der Waals surface area (Å²) in [6, 6.07) is 0.615. The quantitative estimate of drug-likeness (QED) is 0.605. The van der Waals surface area contributed by atoms with Gasteiger partial charge in [0.25, 0.3) is 0 Å². The molecular weight excluding hydrogens is 166 g/mol. The molecule has 13 heavy (non-hydrogen) atoms. The van der Waals surface area contributed by atoms with Crippen LogP contribution in [0.2, 0.25) is 0 Å². The predicted octanol–water partition coefficient (Wildman–Crippen LogP) is 0.884. The Balaban J connectivity index is 2.01. The largest absolute Gasteiger partial charge is 0.375 e. The monoisotopic (exact) mass is 185 g/mol. The number of ether oxygens (including phenoxy) is 2. The van der Waals surface area contributed by atoms with Gasteiger partial charge in [-0.25, -0.2) is 0 Å². The standard InChI is InChI=1S/C10H19NO2/c1-8(2)11-4-9(3)13-10(5-11)6-12-7-10/h8-9H,4-7H2,1-3H3. The van der Waals surface area contributed by atoms with E-state index in [2.05, 4.69) is 25.7 Å². The Kier molecular flexibility index (Phi) is 2.34. The molecule has 0 radical (unpaired) electrons. The summed E-state index contributed by atoms with van der Waals surface area (Å²) in [5.41, 5.74) is 0.0297. The van der Waals surface area contributed by atoms with E-state index in [1.54, 1.807) is 0 Å². The molecular formula is C10H19NO2. The van der Waals surface area contributed by atoms with Crippen LogP contribution >= 0.6 is 0 Å². The van der Waals surface area contributed by atoms with Crippen molar-refractivity contribution in [3.8, 4) is 0 Å². The van der Waals surface area contributed by atoms with Crippen molar-refractivity contribution in [2.45, 2.75) is 38.5 Å². The van der Waals surface area contributed by atoms with Gasteiger partial charge in [0.1, 0.15) is 5.60 Å². The lowest BCUT2D eigenvalue weighted by Gasteiger charge is -2.51. The minimum Gasteiger partial charge on any atom is -0.375 e. The summed E-state index contributed by atoms with van der Waals surface area (Å²) in [7, 11) is 0. The van der Waals surface area contributed by atoms with E-state index >= 15 is 0 Å². The van der Waals surface area contributed by atoms with Gasteiger partial charge in [0, 0.05) is 19.1 Å². The summed E-state index contributed by atoms with van der Waals surface area (Å²) < 4.78 is 11.2. The van der Waals surface area contributed by atoms with Crippen LogP contribution in [0.25, 0.3) is 0 Å². The number of hydrogen-bond acceptors (Lipinski definition) is 3. The maximum absolute atomic E-state index is 5.92. The molecule has 3 nitrogen and oxygen atoms in total. The van der Waals surface area contributed by atoms with Crippen molar-refractivity contribution in [1.29, 1.82) is 0 Å². The molecule has 0 N–H and O–H groups in total. The zero-order chi connectivity index (χ0) is 9.47. The van der Waals surface area contributed by atoms with Crippen LogP contribution < -0.4 is 0 Å². The van der Waals surface area contributed by atoms with E-state index in [1.165, 1.54) is 0 Å². The Hall–Kier alpha value is -0.120. The van der Waals surface area contributed by atoms with Crippen molar-refractivity contribution >= 4 is 0 Å². The van der Waals surface area contributed by atoms with Crippen LogP contribution in [0, 0.1) is 0 Å². The molecule has 2 rings (SSSR count). The highest BCUT2D eigenvalue weighted by atomic mass is 16.6. The summed E-state index contributed by atoms with van der Waals surface area (Å²) in [5, 5.41) is 0. The molecule has 1 spiro atoms. The Morgan fingerprint density at radius 1 is 1.38 bits per heavy atom. The van der Waals surface area contributed by atoms with E-state index < -0.39 is 0 Å². The highest BCUT2D eigenvalue weighted by molar-refractivity contribution is 4.95. The highest BCUT2D eigenvalue weighted by Gasteiger charge is 2.46. The van der Waals surface area contributed by atoms with Crippen molar-refractivity contribution in [3.63, 3.8) is 0 Å². The van der Waals surface area contributed by atoms with Crippen molar-refractivity contribution in [2.75, 3.05) is 26.3 Å². The van der Waals surface area contributed by atoms with Gasteiger partial charge in [0.2, 0.25) is 0 Å². The lowest BCUT2D eigenvalue weighted by molar-refractivity contribution is -0.261. The molecule has 76 valence electrons. The Bertz CT molecular complexity index is 189. The van der Waals surface area contributed by atoms with Crippen LogP contribution in [0.5, 0.6) is 0 Å². The van der Waals surface area contributed by atoms with Crippen molar-refractivity contribution in [3.05, 3.63) is 0 Å². The molecule has 0 bridgehead atoms. The number of hydrogen-bond donors (Lipinski definition) is 0. The van der Waals surface area contributed by atoms with E-state index in [0.29, 0.717) is 12.1 Å². The molecule has 2 aliphatic heterocycles. The first-order valence-corrected chi connectivity index (χ1v) is 5.11. The lowest BCUT2D eigenvalue weighted by Crippen LogP contribution is -2.65. The molecule has 0 aromatic carbocycles. The van der Waals surface area contributed by atoms with Gasteiger partial charge in [-0.15, -0.1) is 0 Å². The predicted molar refractivity (Wildman–Crippen MR) is 50.8 cm³/mol. The van der Waals surface area contributed by atoms with Gasteiger partial charge in [0.05, 0.1) is 19.3 Å². The van der Waals surface area contributed by atoms with Crippen LogP contribution in [0.1, 0.15) is 20.8 Å². The van der Waals surface area contributed by atoms with Gasteiger partial charge < -0.3 is 9.47 Å². The van der Waals surface area contributed by atoms with Gasteiger partial charge in [0.15, 0.2) is 0 Å². The number of rotatable bonds is 1. The molecule has 1 atom stereocenters. The average molecular weight is 185 g/mol. The molecule has 3 heteroatoms. The Morgan fingerprint density at radius 2 is 2.08 bits per heavy atom. The Labute approximate surface area is 80.0 Å². The molecule has 0 aromatic rings. The van der Waals surface area contributed by atoms with E-state index in [4.69, 9.17) is 9.47 Å². The topological polar surface area (TPSA) is 21.7 Å². The summed E-state index contributed by atoms with van der Waals surface area (Å²) >= 11 is 0. The molecule has 2 aliphatic rings. The molecule has 0 saturated carbocycles. The van der Waals surface area contributed by atoms with Crippen molar-refractivity contribution in [2.24, 2.45) is 0 Å². The normalized spacial score (nSPS) is 33.7. The van der Waals surface area contributed by atoms with Crippen LogP contribution in [-0.4, -0.2) is 49.0 Å². The molecule has 2 heterocycles. The second-order valence-electron chi connectivity index (χ2n) is 4.63. The molecule has 0 aliphatic carbocycles. The smallest absolute Gasteiger partial charge is 0.128 e. The van der Waals surface area contributed by atoms with E-state index in [0.717, 1.165) is 26.3 Å². The summed E-state index contributed by atoms with van der Waals surface area (Å²) in [6.07, 6.45) is 0.347. The van der Waals surface area contributed by atoms with E-state index in [-0.39, 0.29) is 5.60 Å². The lowest BCUT2D eigenvalue weighted by atomic mass is 9.97. The van der Waals surface area contributed by atoms with Crippen LogP contribution in [-0.2, 0) is 9.47 Å². The van der Waals surface area contributed by atoms with Gasteiger partial charge >= 0.3 is 0 Å². The summed E-state index contributed by atoms with van der Waals surface area (Å²) in [4.78, 5) is 2.48. The van der Waals surface area contributed by atoms with E-state index in [9.17, 15) is 0 Å². The zero-order valence-corrected chi connectivity index (χ0v) is 8.75. The molecule has 0 amide bonds. The van der Waals surface area contributed by atoms with Gasteiger partial charge in [-0.3, -0.25) is 4.90 Å². The number of morpholine rings is 1. The first kappa shape index (κ1) is 9.44. The SMILES string of the molecule is CC1CN(C(C)C)CC2(COC2)O1. The highest BCUT2D eigenvalue weighted by Crippen LogP contribution is 2.29. The zero-order valence-electron chi connectivity index (χ0n) is 8.75. The second-order valence-corrected chi connectivity index (χ2v) is 4.63. The number of nitrogens with zero attached hydrogens (tertiary/aromatic N) is 1. The summed E-state index contributed by atoms with van der Waals surface area (Å²) in [6.45, 7) is 10.3. The van der Waals surface area contributed by atoms with Crippen molar-refractivity contribution in [1.82, 2.24) is 4.90 Å². The Morgan fingerprint density at radius 3 is 2.54 bits per heavy atom. The third kappa shape index (κ3) is 1.73. The third-order valence-electron chi connectivity index (χ3n) is 2.89. The van der Waals surface area contributed by atoms with Crippen LogP contribution in [0.3, 0.4) is 0 Å². The fourth-order valence-corrected chi connectivity index (χ4v) is 2.15. The molecule has 2 saturated heterocycles. The van der Waals surface area contributed by atoms with Crippen LogP contribution in [0.4, 0.5) is 0 Å². The molecule has 1 unspecified atom stereocenters. The first-order chi connectivity index (χ1) is 6.11. The maximum Gasteiger partial charge on any atom is 0.128 e. The van der Waals surface area contributed by atoms with Gasteiger partial charge in [-0.05, 0) is 20.8 Å². The van der Waals surface area contributed by atoms with Crippen molar-refractivity contribution < 1.29 is 9.47 Å². The van der Waals surface area contributed by atoms with Gasteiger partial charge in [-0.2, -0.15) is 0 Å². The minimum absolute atomic E-state index is 0.0297. The summed E-state index contributed by atoms with van der Waals surface area (Å²) in [5.74, 6) is 0.